The second kappa shape index (κ2) is 10.2. The predicted molar refractivity (Wildman–Crippen MR) is 138 cm³/mol. The molecule has 5 N–H and O–H groups in total. The van der Waals surface area contributed by atoms with Gasteiger partial charge in [0.05, 0.1) is 23.5 Å². The fourth-order valence-electron chi connectivity index (χ4n) is 3.96. The van der Waals surface area contributed by atoms with E-state index in [1.165, 1.54) is 18.2 Å². The van der Waals surface area contributed by atoms with Crippen LogP contribution >= 0.6 is 0 Å². The molecular formula is C26H19F4N9O. The number of carbonyl (C=O) groups is 1. The van der Waals surface area contributed by atoms with E-state index in [2.05, 4.69) is 35.8 Å². The number of fused-ring (bicyclic) bond motifs is 1. The number of H-pyrrole nitrogens is 1. The zero-order valence-electron chi connectivity index (χ0n) is 20.4. The zero-order chi connectivity index (χ0) is 28.5. The van der Waals surface area contributed by atoms with Crippen LogP contribution in [0, 0.1) is 22.6 Å². The average Bonchev–Trinajstić information content (AvgIpc) is 3.32. The summed E-state index contributed by atoms with van der Waals surface area (Å²) >= 11 is 0. The van der Waals surface area contributed by atoms with Gasteiger partial charge in [0.15, 0.2) is 17.0 Å². The lowest BCUT2D eigenvalue weighted by molar-refractivity contribution is -0.164. The minimum absolute atomic E-state index is 0.119. The summed E-state index contributed by atoms with van der Waals surface area (Å²) in [6.07, 6.45) is -3.61. The van der Waals surface area contributed by atoms with Gasteiger partial charge in [-0.1, -0.05) is 24.3 Å². The molecule has 1 aliphatic heterocycles. The van der Waals surface area contributed by atoms with Crippen molar-refractivity contribution in [2.24, 2.45) is 10.4 Å². The molecule has 10 nitrogen and oxygen atoms in total. The molecule has 3 heterocycles. The predicted octanol–water partition coefficient (Wildman–Crippen LogP) is 3.88. The highest BCUT2D eigenvalue weighted by molar-refractivity contribution is 6.06. The number of aliphatic imine (C=N–C) groups is 1. The van der Waals surface area contributed by atoms with Crippen LogP contribution in [-0.4, -0.2) is 44.6 Å². The molecule has 0 aliphatic carbocycles. The van der Waals surface area contributed by atoms with E-state index in [4.69, 9.17) is 5.73 Å². The molecule has 0 saturated heterocycles. The molecule has 0 saturated carbocycles. The largest absolute Gasteiger partial charge is 0.415 e. The van der Waals surface area contributed by atoms with Crippen LogP contribution in [0.15, 0.2) is 71.4 Å². The van der Waals surface area contributed by atoms with Crippen molar-refractivity contribution in [2.45, 2.75) is 18.9 Å². The monoisotopic (exact) mass is 549 g/mol. The highest BCUT2D eigenvalue weighted by Crippen LogP contribution is 2.41. The molecule has 5 rings (SSSR count). The number of hydrogen-bond acceptors (Lipinski definition) is 8. The molecule has 40 heavy (non-hydrogen) atoms. The molecule has 14 heteroatoms. The van der Waals surface area contributed by atoms with Crippen molar-refractivity contribution in [1.29, 1.82) is 5.26 Å². The number of aromatic amines is 1. The van der Waals surface area contributed by atoms with E-state index in [0.29, 0.717) is 29.1 Å². The molecule has 2 unspecified atom stereocenters. The van der Waals surface area contributed by atoms with Gasteiger partial charge in [-0.05, 0) is 35.9 Å². The summed E-state index contributed by atoms with van der Waals surface area (Å²) in [5.41, 5.74) is 5.36. The molecule has 2 aromatic carbocycles. The fraction of sp³-hybridized carbons (Fsp3) is 0.154. The van der Waals surface area contributed by atoms with Crippen LogP contribution in [0.2, 0.25) is 0 Å². The first-order valence-electron chi connectivity index (χ1n) is 11.7. The Kier molecular flexibility index (Phi) is 6.74. The molecule has 2 aromatic heterocycles. The summed E-state index contributed by atoms with van der Waals surface area (Å²) in [4.78, 5) is 25.6. The van der Waals surface area contributed by atoms with Crippen LogP contribution < -0.4 is 16.4 Å². The zero-order valence-corrected chi connectivity index (χ0v) is 20.4. The molecule has 0 radical (unpaired) electrons. The number of halogens is 4. The first-order valence-corrected chi connectivity index (χ1v) is 11.7. The molecule has 0 spiro atoms. The number of nitrogen functional groups attached to an aromatic ring is 1. The van der Waals surface area contributed by atoms with Crippen molar-refractivity contribution in [2.75, 3.05) is 11.1 Å². The maximum absolute atomic E-state index is 13.8. The Labute approximate surface area is 223 Å². The highest BCUT2D eigenvalue weighted by Gasteiger charge is 2.55. The minimum Gasteiger partial charge on any atom is -0.380 e. The van der Waals surface area contributed by atoms with Crippen LogP contribution in [0.25, 0.3) is 22.4 Å². The Bertz CT molecular complexity index is 1670. The van der Waals surface area contributed by atoms with E-state index in [1.54, 1.807) is 30.5 Å². The van der Waals surface area contributed by atoms with E-state index < -0.39 is 35.1 Å². The molecular weight excluding hydrogens is 530 g/mol. The fourth-order valence-corrected chi connectivity index (χ4v) is 3.96. The Balaban J connectivity index is 1.35. The van der Waals surface area contributed by atoms with Gasteiger partial charge >= 0.3 is 6.18 Å². The van der Waals surface area contributed by atoms with Crippen LogP contribution in [-0.2, 0) is 11.3 Å². The number of rotatable bonds is 6. The Morgan fingerprint density at radius 2 is 1.88 bits per heavy atom. The SMILES string of the molecule is N#CC1(C(F)(F)F)C=NC(NCc2ccc(-c3cnc4[nH]nc(N)c4n3)cc2)C(C(=O)Nc2ccc(F)cc2)=C1. The van der Waals surface area contributed by atoms with Crippen molar-refractivity contribution in [3.05, 3.63) is 77.8 Å². The number of nitrogens with zero attached hydrogens (tertiary/aromatic N) is 5. The highest BCUT2D eigenvalue weighted by atomic mass is 19.4. The van der Waals surface area contributed by atoms with Gasteiger partial charge in [-0.2, -0.15) is 23.5 Å². The number of anilines is 2. The quantitative estimate of drug-likeness (QED) is 0.266. The van der Waals surface area contributed by atoms with E-state index in [1.807, 2.05) is 0 Å². The Morgan fingerprint density at radius 3 is 2.55 bits per heavy atom. The Hall–Kier alpha value is -5.16. The van der Waals surface area contributed by atoms with Gasteiger partial charge < -0.3 is 11.1 Å². The first kappa shape index (κ1) is 26.4. The van der Waals surface area contributed by atoms with Gasteiger partial charge in [0.25, 0.3) is 5.91 Å². The molecule has 0 bridgehead atoms. The number of carbonyl (C=O) groups excluding carboxylic acids is 1. The molecule has 1 amide bonds. The third-order valence-corrected chi connectivity index (χ3v) is 6.17. The molecule has 1 aliphatic rings. The number of hydrogen-bond donors (Lipinski definition) is 4. The number of dihydropyridines is 1. The normalized spacial score (nSPS) is 18.8. The summed E-state index contributed by atoms with van der Waals surface area (Å²) in [6, 6.07) is 13.0. The molecule has 0 fully saturated rings. The summed E-state index contributed by atoms with van der Waals surface area (Å²) < 4.78 is 54.6. The number of alkyl halides is 3. The smallest absolute Gasteiger partial charge is 0.380 e. The van der Waals surface area contributed by atoms with E-state index in [0.717, 1.165) is 23.3 Å². The third-order valence-electron chi connectivity index (χ3n) is 6.17. The molecule has 202 valence electrons. The lowest BCUT2D eigenvalue weighted by atomic mass is 9.85. The van der Waals surface area contributed by atoms with Crippen LogP contribution in [0.5, 0.6) is 0 Å². The van der Waals surface area contributed by atoms with Crippen molar-refractivity contribution in [3.8, 4) is 17.3 Å². The number of nitrogens with two attached hydrogens (primary N) is 1. The van der Waals surface area contributed by atoms with Gasteiger partial charge in [-0.25, -0.2) is 14.4 Å². The van der Waals surface area contributed by atoms with Crippen molar-refractivity contribution in [3.63, 3.8) is 0 Å². The van der Waals surface area contributed by atoms with Crippen molar-refractivity contribution < 1.29 is 22.4 Å². The second-order valence-corrected chi connectivity index (χ2v) is 8.86. The van der Waals surface area contributed by atoms with Crippen LogP contribution in [0.3, 0.4) is 0 Å². The standard InChI is InChI=1S/C26H19F4N9O/c27-16-5-7-17(8-6-16)36-24(40)18-9-25(12-31,26(28,29)30)13-35-22(18)33-10-14-1-3-15(4-2-14)19-11-34-23-20(37-19)21(32)38-39-23/h1-9,11,13,22,33H,10H2,(H,36,40)(H3,32,34,38,39). The summed E-state index contributed by atoms with van der Waals surface area (Å²) in [7, 11) is 0. The number of aromatic nitrogens is 4. The molecule has 2 atom stereocenters. The van der Waals surface area contributed by atoms with Crippen LogP contribution in [0.4, 0.5) is 29.1 Å². The van der Waals surface area contributed by atoms with Gasteiger partial charge in [0, 0.05) is 24.0 Å². The second-order valence-electron chi connectivity index (χ2n) is 8.86. The Morgan fingerprint density at radius 1 is 1.15 bits per heavy atom. The van der Waals surface area contributed by atoms with Gasteiger partial charge in [0.1, 0.15) is 12.0 Å². The number of benzene rings is 2. The lowest BCUT2D eigenvalue weighted by Crippen LogP contribution is -2.44. The number of amides is 1. The van der Waals surface area contributed by atoms with E-state index >= 15 is 0 Å². The van der Waals surface area contributed by atoms with Gasteiger partial charge in [-0.3, -0.25) is 20.2 Å². The maximum Gasteiger partial charge on any atom is 0.415 e. The van der Waals surface area contributed by atoms with E-state index in [9.17, 15) is 27.6 Å². The van der Waals surface area contributed by atoms with Gasteiger partial charge in [-0.15, -0.1) is 0 Å². The maximum atomic E-state index is 13.8. The number of nitriles is 1. The van der Waals surface area contributed by atoms with Gasteiger partial charge in [0.2, 0.25) is 5.41 Å². The first-order chi connectivity index (χ1) is 19.1. The summed E-state index contributed by atoms with van der Waals surface area (Å²) in [5.74, 6) is -1.26. The number of nitrogens with one attached hydrogen (secondary N) is 3. The van der Waals surface area contributed by atoms with Crippen LogP contribution in [0.1, 0.15) is 5.56 Å². The van der Waals surface area contributed by atoms with E-state index in [-0.39, 0.29) is 18.1 Å². The number of allylic oxidation sites excluding steroid dienone is 1. The summed E-state index contributed by atoms with van der Waals surface area (Å²) in [5, 5.41) is 21.3. The lowest BCUT2D eigenvalue weighted by Gasteiger charge is -2.29. The minimum atomic E-state index is -5.01. The van der Waals surface area contributed by atoms with Crippen molar-refractivity contribution >= 4 is 34.8 Å². The summed E-state index contributed by atoms with van der Waals surface area (Å²) in [6.45, 7) is 0.119. The topological polar surface area (TPSA) is 158 Å². The average molecular weight is 549 g/mol. The van der Waals surface area contributed by atoms with Crippen molar-refractivity contribution in [1.82, 2.24) is 25.5 Å². The molecule has 4 aromatic rings. The third kappa shape index (κ3) is 5.09.